The Labute approximate surface area is 92.6 Å². The number of aromatic nitrogens is 4. The largest absolute Gasteiger partial charge is 0.373 e. The van der Waals surface area contributed by atoms with Gasteiger partial charge in [0.25, 0.3) is 5.82 Å². The summed E-state index contributed by atoms with van der Waals surface area (Å²) < 4.78 is 1.58. The maximum Gasteiger partial charge on any atom is 0.252 e. The van der Waals surface area contributed by atoms with E-state index in [0.717, 1.165) is 11.5 Å². The molecule has 0 radical (unpaired) electrons. The van der Waals surface area contributed by atoms with Crippen molar-refractivity contribution in [2.45, 2.75) is 6.54 Å². The molecule has 0 saturated heterocycles. The summed E-state index contributed by atoms with van der Waals surface area (Å²) in [6.45, 7) is 0.504. The van der Waals surface area contributed by atoms with Gasteiger partial charge in [-0.2, -0.15) is 5.26 Å². The molecule has 80 valence electrons. The molecule has 0 atom stereocenters. The Bertz CT molecular complexity index is 524. The smallest absolute Gasteiger partial charge is 0.252 e. The van der Waals surface area contributed by atoms with Gasteiger partial charge >= 0.3 is 0 Å². The Balaban J connectivity index is 2.17. The van der Waals surface area contributed by atoms with Gasteiger partial charge in [-0.05, 0) is 12.1 Å². The number of hydrogen-bond acceptors (Lipinski definition) is 5. The summed E-state index contributed by atoms with van der Waals surface area (Å²) in [5.41, 5.74) is 0.862. The van der Waals surface area contributed by atoms with E-state index in [4.69, 9.17) is 5.26 Å². The van der Waals surface area contributed by atoms with Gasteiger partial charge in [-0.3, -0.25) is 0 Å². The maximum atomic E-state index is 8.59. The van der Waals surface area contributed by atoms with Gasteiger partial charge in [-0.25, -0.2) is 14.6 Å². The van der Waals surface area contributed by atoms with Gasteiger partial charge in [0.05, 0.1) is 12.2 Å². The van der Waals surface area contributed by atoms with Crippen LogP contribution in [0.1, 0.15) is 11.5 Å². The van der Waals surface area contributed by atoms with Crippen LogP contribution in [0.4, 0.5) is 5.82 Å². The summed E-state index contributed by atoms with van der Waals surface area (Å²) in [4.78, 5) is 8.16. The van der Waals surface area contributed by atoms with Crippen molar-refractivity contribution in [2.24, 2.45) is 0 Å². The van der Waals surface area contributed by atoms with E-state index in [1.807, 2.05) is 31.3 Å². The molecule has 1 N–H and O–H groups in total. The van der Waals surface area contributed by atoms with E-state index in [1.165, 1.54) is 6.33 Å². The first-order chi connectivity index (χ1) is 7.81. The minimum atomic E-state index is 0.171. The lowest BCUT2D eigenvalue weighted by Crippen LogP contribution is -2.04. The van der Waals surface area contributed by atoms with Crippen molar-refractivity contribution in [1.29, 1.82) is 5.26 Å². The van der Waals surface area contributed by atoms with E-state index in [1.54, 1.807) is 4.68 Å². The van der Waals surface area contributed by atoms with Gasteiger partial charge in [-0.15, -0.1) is 5.10 Å². The van der Waals surface area contributed by atoms with Gasteiger partial charge in [0.15, 0.2) is 0 Å². The van der Waals surface area contributed by atoms with Crippen LogP contribution in [0, 0.1) is 11.3 Å². The normalized spacial score (nSPS) is 9.75. The molecule has 0 amide bonds. The molecule has 16 heavy (non-hydrogen) atoms. The second kappa shape index (κ2) is 4.40. The van der Waals surface area contributed by atoms with E-state index >= 15 is 0 Å². The summed E-state index contributed by atoms with van der Waals surface area (Å²) in [6, 6.07) is 7.57. The summed E-state index contributed by atoms with van der Waals surface area (Å²) in [7, 11) is 1.81. The molecule has 0 aliphatic heterocycles. The molecule has 6 nitrogen and oxygen atoms in total. The molecule has 2 heterocycles. The monoisotopic (exact) mass is 214 g/mol. The van der Waals surface area contributed by atoms with Gasteiger partial charge in [0, 0.05) is 7.05 Å². The first-order valence-electron chi connectivity index (χ1n) is 4.75. The van der Waals surface area contributed by atoms with Crippen molar-refractivity contribution < 1.29 is 0 Å². The van der Waals surface area contributed by atoms with Gasteiger partial charge in [0.1, 0.15) is 18.2 Å². The van der Waals surface area contributed by atoms with Crippen molar-refractivity contribution >= 4 is 5.82 Å². The zero-order valence-corrected chi connectivity index (χ0v) is 8.75. The highest BCUT2D eigenvalue weighted by atomic mass is 15.3. The maximum absolute atomic E-state index is 8.59. The molecule has 0 saturated carbocycles. The Kier molecular flexibility index (Phi) is 2.78. The van der Waals surface area contributed by atoms with Crippen LogP contribution in [0.5, 0.6) is 0 Å². The molecule has 0 aromatic carbocycles. The molecule has 0 spiro atoms. The predicted molar refractivity (Wildman–Crippen MR) is 57.6 cm³/mol. The average Bonchev–Trinajstić information content (AvgIpc) is 2.77. The molecule has 6 heteroatoms. The highest BCUT2D eigenvalue weighted by Crippen LogP contribution is 2.04. The van der Waals surface area contributed by atoms with Crippen LogP contribution in [0.15, 0.2) is 24.5 Å². The van der Waals surface area contributed by atoms with Crippen molar-refractivity contribution in [3.63, 3.8) is 0 Å². The topological polar surface area (TPSA) is 79.4 Å². The standard InChI is InChI=1S/C10H10N6/c1-12-9-4-2-3-8(14-9)6-16-7-13-10(5-11)15-16/h2-4,7H,6H2,1H3,(H,12,14). The SMILES string of the molecule is CNc1cccc(Cn2cnc(C#N)n2)n1. The summed E-state index contributed by atoms with van der Waals surface area (Å²) in [6.07, 6.45) is 1.52. The zero-order chi connectivity index (χ0) is 11.4. The number of nitrogens with one attached hydrogen (secondary N) is 1. The van der Waals surface area contributed by atoms with Crippen LogP contribution in [0.25, 0.3) is 0 Å². The molecule has 2 rings (SSSR count). The highest BCUT2D eigenvalue weighted by molar-refractivity contribution is 5.34. The quantitative estimate of drug-likeness (QED) is 0.810. The fourth-order valence-corrected chi connectivity index (χ4v) is 1.29. The van der Waals surface area contributed by atoms with Crippen LogP contribution in [-0.4, -0.2) is 26.8 Å². The van der Waals surface area contributed by atoms with Crippen LogP contribution < -0.4 is 5.32 Å². The molecule has 0 fully saturated rings. The molecule has 0 aliphatic rings. The summed E-state index contributed by atoms with van der Waals surface area (Å²) in [5.74, 6) is 0.975. The Morgan fingerprint density at radius 1 is 1.50 bits per heavy atom. The molecule has 0 unspecified atom stereocenters. The van der Waals surface area contributed by atoms with E-state index in [0.29, 0.717) is 6.54 Å². The third kappa shape index (κ3) is 2.15. The summed E-state index contributed by atoms with van der Waals surface area (Å²) >= 11 is 0. The average molecular weight is 214 g/mol. The third-order valence-electron chi connectivity index (χ3n) is 2.02. The molecular formula is C10H10N6. The molecule has 0 aliphatic carbocycles. The van der Waals surface area contributed by atoms with E-state index in [2.05, 4.69) is 20.4 Å². The van der Waals surface area contributed by atoms with Gasteiger partial charge < -0.3 is 5.32 Å². The van der Waals surface area contributed by atoms with Gasteiger partial charge in [0.2, 0.25) is 0 Å². The fraction of sp³-hybridized carbons (Fsp3) is 0.200. The highest BCUT2D eigenvalue weighted by Gasteiger charge is 2.01. The van der Waals surface area contributed by atoms with Crippen molar-refractivity contribution in [3.8, 4) is 6.07 Å². The third-order valence-corrected chi connectivity index (χ3v) is 2.02. The van der Waals surface area contributed by atoms with Crippen LogP contribution in [0.3, 0.4) is 0 Å². The first-order valence-corrected chi connectivity index (χ1v) is 4.75. The number of anilines is 1. The zero-order valence-electron chi connectivity index (χ0n) is 8.75. The van der Waals surface area contributed by atoms with Crippen molar-refractivity contribution in [2.75, 3.05) is 12.4 Å². The number of nitrogens with zero attached hydrogens (tertiary/aromatic N) is 5. The van der Waals surface area contributed by atoms with Crippen LogP contribution in [-0.2, 0) is 6.54 Å². The molecule has 2 aromatic rings. The molecule has 0 bridgehead atoms. The van der Waals surface area contributed by atoms with E-state index in [-0.39, 0.29) is 5.82 Å². The number of hydrogen-bond donors (Lipinski definition) is 1. The van der Waals surface area contributed by atoms with E-state index < -0.39 is 0 Å². The first kappa shape index (κ1) is 10.1. The van der Waals surface area contributed by atoms with Crippen LogP contribution >= 0.6 is 0 Å². The van der Waals surface area contributed by atoms with Crippen molar-refractivity contribution in [3.05, 3.63) is 36.0 Å². The second-order valence-corrected chi connectivity index (χ2v) is 3.14. The Morgan fingerprint density at radius 2 is 2.38 bits per heavy atom. The van der Waals surface area contributed by atoms with E-state index in [9.17, 15) is 0 Å². The van der Waals surface area contributed by atoms with Gasteiger partial charge in [-0.1, -0.05) is 6.07 Å². The fourth-order valence-electron chi connectivity index (χ4n) is 1.29. The lowest BCUT2D eigenvalue weighted by atomic mass is 10.3. The molecular weight excluding hydrogens is 204 g/mol. The lowest BCUT2D eigenvalue weighted by Gasteiger charge is -2.03. The minimum absolute atomic E-state index is 0.171. The summed E-state index contributed by atoms with van der Waals surface area (Å²) in [5, 5.41) is 15.5. The Hall–Kier alpha value is -2.42. The van der Waals surface area contributed by atoms with Crippen LogP contribution in [0.2, 0.25) is 0 Å². The predicted octanol–water partition coefficient (Wildman–Crippen LogP) is 0.635. The Morgan fingerprint density at radius 3 is 3.06 bits per heavy atom. The molecule has 2 aromatic heterocycles. The minimum Gasteiger partial charge on any atom is -0.373 e. The second-order valence-electron chi connectivity index (χ2n) is 3.14. The lowest BCUT2D eigenvalue weighted by molar-refractivity contribution is 0.669. The number of rotatable bonds is 3. The number of nitriles is 1. The number of pyridine rings is 1. The van der Waals surface area contributed by atoms with Crippen molar-refractivity contribution in [1.82, 2.24) is 19.7 Å².